The highest BCUT2D eigenvalue weighted by atomic mass is 16.6. The first-order valence-electron chi connectivity index (χ1n) is 35.8. The summed E-state index contributed by atoms with van der Waals surface area (Å²) >= 11 is 0. The van der Waals surface area contributed by atoms with E-state index in [9.17, 15) is 14.4 Å². The van der Waals surface area contributed by atoms with Gasteiger partial charge in [-0.1, -0.05) is 340 Å². The first kappa shape index (κ1) is 76.9. The van der Waals surface area contributed by atoms with Crippen molar-refractivity contribution in [3.8, 4) is 0 Å². The maximum absolute atomic E-state index is 12.9. The zero-order valence-corrected chi connectivity index (χ0v) is 53.7. The number of esters is 3. The second-order valence-electron chi connectivity index (χ2n) is 24.5. The summed E-state index contributed by atoms with van der Waals surface area (Å²) in [7, 11) is 0. The Balaban J connectivity index is 4.16. The van der Waals surface area contributed by atoms with E-state index in [2.05, 4.69) is 45.1 Å². The molecule has 0 aliphatic carbocycles. The second-order valence-corrected chi connectivity index (χ2v) is 24.5. The molecule has 0 aliphatic heterocycles. The molecule has 0 amide bonds. The fourth-order valence-electron chi connectivity index (χ4n) is 11.0. The fraction of sp³-hybridized carbons (Fsp3) is 0.904. The molecule has 1 atom stereocenters. The van der Waals surface area contributed by atoms with Crippen LogP contribution in [0.15, 0.2) is 24.3 Å². The van der Waals surface area contributed by atoms with Gasteiger partial charge >= 0.3 is 17.9 Å². The topological polar surface area (TPSA) is 78.9 Å². The van der Waals surface area contributed by atoms with E-state index >= 15 is 0 Å². The van der Waals surface area contributed by atoms with Gasteiger partial charge in [0.05, 0.1) is 0 Å². The molecule has 0 aromatic rings. The van der Waals surface area contributed by atoms with Crippen LogP contribution in [-0.4, -0.2) is 37.2 Å². The predicted molar refractivity (Wildman–Crippen MR) is 344 cm³/mol. The summed E-state index contributed by atoms with van der Waals surface area (Å²) in [5.74, 6) is -0.852. The first-order chi connectivity index (χ1) is 39.0. The highest BCUT2D eigenvalue weighted by Crippen LogP contribution is 2.19. The van der Waals surface area contributed by atoms with Crippen LogP contribution in [0.1, 0.15) is 406 Å². The van der Waals surface area contributed by atoms with Gasteiger partial charge in [0.2, 0.25) is 0 Å². The van der Waals surface area contributed by atoms with E-state index in [1.807, 2.05) is 0 Å². The third kappa shape index (κ3) is 66.6. The minimum Gasteiger partial charge on any atom is -0.462 e. The summed E-state index contributed by atoms with van der Waals surface area (Å²) in [5, 5.41) is 0. The molecule has 0 bridgehead atoms. The van der Waals surface area contributed by atoms with E-state index in [0.717, 1.165) is 64.2 Å². The number of carbonyl (C=O) groups excluding carboxylic acids is 3. The number of unbranched alkanes of at least 4 members (excludes halogenated alkanes) is 52. The number of ether oxygens (including phenoxy) is 3. The van der Waals surface area contributed by atoms with Gasteiger partial charge in [0.15, 0.2) is 6.10 Å². The van der Waals surface area contributed by atoms with Gasteiger partial charge in [-0.3, -0.25) is 14.4 Å². The monoisotopic (exact) mass is 1110 g/mol. The molecule has 0 saturated heterocycles. The fourth-order valence-corrected chi connectivity index (χ4v) is 11.0. The molecule has 6 nitrogen and oxygen atoms in total. The molecule has 79 heavy (non-hydrogen) atoms. The van der Waals surface area contributed by atoms with E-state index in [4.69, 9.17) is 14.2 Å². The van der Waals surface area contributed by atoms with Crippen LogP contribution >= 0.6 is 0 Å². The Morgan fingerprint density at radius 2 is 0.418 bits per heavy atom. The average Bonchev–Trinajstić information content (AvgIpc) is 3.45. The zero-order valence-electron chi connectivity index (χ0n) is 53.7. The third-order valence-corrected chi connectivity index (χ3v) is 16.4. The van der Waals surface area contributed by atoms with Crippen molar-refractivity contribution < 1.29 is 28.6 Å². The first-order valence-corrected chi connectivity index (χ1v) is 35.8. The highest BCUT2D eigenvalue weighted by molar-refractivity contribution is 5.71. The standard InChI is InChI=1S/C73H138O6/c1-4-7-10-13-16-19-22-25-27-29-31-33-34-35-36-37-38-39-41-42-44-46-48-51-54-57-60-63-66-72(75)78-69-70(68-77-71(74)65-62-59-56-53-50-24-21-18-15-12-9-6-3)79-73(76)67-64-61-58-55-52-49-47-45-43-40-32-30-28-26-23-20-17-14-11-8-5-2/h18,21,30,32,70H,4-17,19-20,22-29,31,33-69H2,1-3H3/b21-18-,32-30-. The summed E-state index contributed by atoms with van der Waals surface area (Å²) in [6, 6.07) is 0. The van der Waals surface area contributed by atoms with Gasteiger partial charge in [0, 0.05) is 19.3 Å². The van der Waals surface area contributed by atoms with Crippen LogP contribution in [0.25, 0.3) is 0 Å². The van der Waals surface area contributed by atoms with Crippen LogP contribution < -0.4 is 0 Å². The Morgan fingerprint density at radius 1 is 0.241 bits per heavy atom. The van der Waals surface area contributed by atoms with Crippen molar-refractivity contribution >= 4 is 17.9 Å². The predicted octanol–water partition coefficient (Wildman–Crippen LogP) is 24.6. The molecule has 0 aromatic carbocycles. The van der Waals surface area contributed by atoms with Gasteiger partial charge in [-0.2, -0.15) is 0 Å². The molecule has 0 fully saturated rings. The number of allylic oxidation sites excluding steroid dienone is 4. The summed E-state index contributed by atoms with van der Waals surface area (Å²) in [4.78, 5) is 38.4. The SMILES string of the molecule is CCCCC/C=C\CCCCCCCC(=O)OCC(COC(=O)CCCCCCCCCCCCCCCCCCCCCCCCCCCCCC)OC(=O)CCCCCCCCCCC/C=C\CCCCCCCCCC. The Morgan fingerprint density at radius 3 is 0.658 bits per heavy atom. The van der Waals surface area contributed by atoms with Crippen molar-refractivity contribution in [3.05, 3.63) is 24.3 Å². The van der Waals surface area contributed by atoms with Crippen molar-refractivity contribution in [2.24, 2.45) is 0 Å². The lowest BCUT2D eigenvalue weighted by Gasteiger charge is -2.18. The van der Waals surface area contributed by atoms with Crippen molar-refractivity contribution in [1.82, 2.24) is 0 Å². The Labute approximate surface area is 493 Å². The number of rotatable bonds is 67. The second kappa shape index (κ2) is 68.4. The third-order valence-electron chi connectivity index (χ3n) is 16.4. The van der Waals surface area contributed by atoms with Crippen LogP contribution in [0.5, 0.6) is 0 Å². The molecule has 466 valence electrons. The molecule has 0 rings (SSSR count). The lowest BCUT2D eigenvalue weighted by Crippen LogP contribution is -2.30. The van der Waals surface area contributed by atoms with Crippen LogP contribution in [0.4, 0.5) is 0 Å². The van der Waals surface area contributed by atoms with E-state index < -0.39 is 6.10 Å². The van der Waals surface area contributed by atoms with E-state index in [0.29, 0.717) is 19.3 Å². The number of hydrogen-bond acceptors (Lipinski definition) is 6. The maximum Gasteiger partial charge on any atom is 0.306 e. The largest absolute Gasteiger partial charge is 0.462 e. The van der Waals surface area contributed by atoms with Gasteiger partial charge in [0.1, 0.15) is 13.2 Å². The Kier molecular flexibility index (Phi) is 66.6. The molecule has 0 aliphatic rings. The van der Waals surface area contributed by atoms with E-state index in [1.165, 1.54) is 302 Å². The van der Waals surface area contributed by atoms with E-state index in [-0.39, 0.29) is 31.1 Å². The van der Waals surface area contributed by atoms with Gasteiger partial charge in [-0.25, -0.2) is 0 Å². The number of carbonyl (C=O) groups is 3. The molecule has 6 heteroatoms. The number of hydrogen-bond donors (Lipinski definition) is 0. The van der Waals surface area contributed by atoms with Crippen molar-refractivity contribution in [3.63, 3.8) is 0 Å². The molecule has 0 radical (unpaired) electrons. The minimum absolute atomic E-state index is 0.0694. The lowest BCUT2D eigenvalue weighted by atomic mass is 10.0. The summed E-state index contributed by atoms with van der Waals surface area (Å²) in [6.07, 6.45) is 83.7. The Bertz CT molecular complexity index is 1270. The van der Waals surface area contributed by atoms with Crippen LogP contribution in [0.2, 0.25) is 0 Å². The maximum atomic E-state index is 12.9. The van der Waals surface area contributed by atoms with Crippen molar-refractivity contribution in [2.45, 2.75) is 412 Å². The lowest BCUT2D eigenvalue weighted by molar-refractivity contribution is -0.167. The summed E-state index contributed by atoms with van der Waals surface area (Å²) in [6.45, 7) is 6.69. The zero-order chi connectivity index (χ0) is 57.1. The van der Waals surface area contributed by atoms with Gasteiger partial charge < -0.3 is 14.2 Å². The molecule has 0 spiro atoms. The van der Waals surface area contributed by atoms with Crippen LogP contribution in [0.3, 0.4) is 0 Å². The quantitative estimate of drug-likeness (QED) is 0.0261. The van der Waals surface area contributed by atoms with Gasteiger partial charge in [-0.05, 0) is 70.6 Å². The molecule has 1 unspecified atom stereocenters. The van der Waals surface area contributed by atoms with E-state index in [1.54, 1.807) is 0 Å². The van der Waals surface area contributed by atoms with Crippen molar-refractivity contribution in [2.75, 3.05) is 13.2 Å². The van der Waals surface area contributed by atoms with Crippen LogP contribution in [0, 0.1) is 0 Å². The molecule has 0 aromatic heterocycles. The molecule has 0 N–H and O–H groups in total. The van der Waals surface area contributed by atoms with Gasteiger partial charge in [-0.15, -0.1) is 0 Å². The molecular weight excluding hydrogens is 973 g/mol. The summed E-state index contributed by atoms with van der Waals surface area (Å²) < 4.78 is 17.0. The Hall–Kier alpha value is -2.11. The van der Waals surface area contributed by atoms with Gasteiger partial charge in [0.25, 0.3) is 0 Å². The smallest absolute Gasteiger partial charge is 0.306 e. The highest BCUT2D eigenvalue weighted by Gasteiger charge is 2.19. The van der Waals surface area contributed by atoms with Crippen molar-refractivity contribution in [1.29, 1.82) is 0 Å². The molecule has 0 saturated carbocycles. The van der Waals surface area contributed by atoms with Crippen LogP contribution in [-0.2, 0) is 28.6 Å². The molecular formula is C73H138O6. The molecule has 0 heterocycles. The minimum atomic E-state index is -0.774. The normalized spacial score (nSPS) is 12.1. The average molecular weight is 1110 g/mol. The summed E-state index contributed by atoms with van der Waals surface area (Å²) in [5.41, 5.74) is 0.